The maximum Gasteiger partial charge on any atom is 0.199 e. The summed E-state index contributed by atoms with van der Waals surface area (Å²) in [4.78, 5) is 1.29. The number of benzene rings is 1. The normalized spacial score (nSPS) is 27.5. The largest absolute Gasteiger partial charge is 0.375 e. The van der Waals surface area contributed by atoms with E-state index in [-0.39, 0.29) is 28.2 Å². The standard InChI is InChI=1S/C18H25N3O2S2/c1-10-5-6-11(18(2,3)4)7-14(10)25-15-8-12(20-21-17(19)24)16-22-9-13(15)23-16/h5-7,13,15-16H,8-9H2,1-4H3,(H3,19,21,24)/b20-12+/t13-,15-,16-/m1/s1. The van der Waals surface area contributed by atoms with E-state index in [1.807, 2.05) is 11.8 Å². The number of nitrogens with two attached hydrogens (primary N) is 1. The molecule has 0 unspecified atom stereocenters. The van der Waals surface area contributed by atoms with Crippen molar-refractivity contribution in [2.45, 2.75) is 62.1 Å². The number of thiocarbonyl (C=S) groups is 1. The van der Waals surface area contributed by atoms with Crippen LogP contribution in [0.25, 0.3) is 0 Å². The molecular weight excluding hydrogens is 354 g/mol. The maximum atomic E-state index is 5.97. The first-order valence-electron chi connectivity index (χ1n) is 8.41. The Morgan fingerprint density at radius 1 is 1.40 bits per heavy atom. The van der Waals surface area contributed by atoms with Crippen molar-refractivity contribution in [3.05, 3.63) is 29.3 Å². The molecule has 2 saturated heterocycles. The lowest BCUT2D eigenvalue weighted by Gasteiger charge is -2.29. The predicted octanol–water partition coefficient (Wildman–Crippen LogP) is 3.09. The Kier molecular flexibility index (Phi) is 5.39. The first-order chi connectivity index (χ1) is 11.7. The van der Waals surface area contributed by atoms with Gasteiger partial charge in [0.15, 0.2) is 11.4 Å². The van der Waals surface area contributed by atoms with Crippen LogP contribution >= 0.6 is 24.0 Å². The average Bonchev–Trinajstić information content (AvgIpc) is 2.94. The lowest BCUT2D eigenvalue weighted by molar-refractivity contribution is -0.0150. The number of nitrogens with one attached hydrogen (secondary N) is 1. The van der Waals surface area contributed by atoms with Gasteiger partial charge in [-0.05, 0) is 41.7 Å². The van der Waals surface area contributed by atoms with Gasteiger partial charge in [-0.25, -0.2) is 0 Å². The number of thioether (sulfide) groups is 1. The first-order valence-corrected chi connectivity index (χ1v) is 9.69. The molecule has 0 saturated carbocycles. The van der Waals surface area contributed by atoms with Crippen molar-refractivity contribution in [1.82, 2.24) is 5.43 Å². The van der Waals surface area contributed by atoms with Crippen LogP contribution in [0.1, 0.15) is 38.3 Å². The molecule has 3 rings (SSSR count). The van der Waals surface area contributed by atoms with E-state index in [1.165, 1.54) is 16.0 Å². The molecule has 1 aromatic carbocycles. The van der Waals surface area contributed by atoms with E-state index >= 15 is 0 Å². The summed E-state index contributed by atoms with van der Waals surface area (Å²) >= 11 is 6.66. The number of rotatable bonds is 3. The fourth-order valence-corrected chi connectivity index (χ4v) is 4.29. The van der Waals surface area contributed by atoms with Crippen molar-refractivity contribution in [1.29, 1.82) is 0 Å². The van der Waals surface area contributed by atoms with Crippen LogP contribution in [0.15, 0.2) is 28.2 Å². The second kappa shape index (κ2) is 7.23. The summed E-state index contributed by atoms with van der Waals surface area (Å²) in [6.45, 7) is 9.44. The quantitative estimate of drug-likeness (QED) is 0.621. The molecule has 2 aliphatic heterocycles. The van der Waals surface area contributed by atoms with E-state index < -0.39 is 0 Å². The summed E-state index contributed by atoms with van der Waals surface area (Å²) in [5.41, 5.74) is 11.7. The highest BCUT2D eigenvalue weighted by atomic mass is 32.2. The van der Waals surface area contributed by atoms with Gasteiger partial charge in [0.1, 0.15) is 0 Å². The fourth-order valence-electron chi connectivity index (χ4n) is 2.92. The van der Waals surface area contributed by atoms with Gasteiger partial charge in [-0.15, -0.1) is 11.8 Å². The minimum atomic E-state index is -0.384. The minimum absolute atomic E-state index is 0.0801. The molecular formula is C18H25N3O2S2. The van der Waals surface area contributed by atoms with Crippen LogP contribution in [-0.2, 0) is 14.9 Å². The average molecular weight is 380 g/mol. The molecule has 0 radical (unpaired) electrons. The Balaban J connectivity index is 1.80. The summed E-state index contributed by atoms with van der Waals surface area (Å²) < 4.78 is 11.7. The topological polar surface area (TPSA) is 68.9 Å². The minimum Gasteiger partial charge on any atom is -0.375 e. The zero-order valence-electron chi connectivity index (χ0n) is 15.0. The Hall–Kier alpha value is -1.15. The molecule has 0 amide bonds. The molecule has 7 heteroatoms. The molecule has 2 fully saturated rings. The molecule has 136 valence electrons. The van der Waals surface area contributed by atoms with Gasteiger partial charge in [0.25, 0.3) is 0 Å². The summed E-state index contributed by atoms with van der Waals surface area (Å²) in [5, 5.41) is 4.66. The van der Waals surface area contributed by atoms with Crippen LogP contribution < -0.4 is 11.2 Å². The van der Waals surface area contributed by atoms with E-state index in [9.17, 15) is 0 Å². The van der Waals surface area contributed by atoms with Crippen molar-refractivity contribution in [3.8, 4) is 0 Å². The van der Waals surface area contributed by atoms with Gasteiger partial charge in [-0.1, -0.05) is 32.9 Å². The lowest BCUT2D eigenvalue weighted by Crippen LogP contribution is -2.39. The van der Waals surface area contributed by atoms with E-state index in [0.717, 1.165) is 12.1 Å². The van der Waals surface area contributed by atoms with Gasteiger partial charge >= 0.3 is 0 Å². The third-order valence-corrected chi connectivity index (χ3v) is 6.01. The molecule has 3 atom stereocenters. The van der Waals surface area contributed by atoms with Crippen molar-refractivity contribution >= 4 is 34.8 Å². The third-order valence-electron chi connectivity index (χ3n) is 4.45. The van der Waals surface area contributed by atoms with Crippen LogP contribution in [0.4, 0.5) is 0 Å². The summed E-state index contributed by atoms with van der Waals surface area (Å²) in [6, 6.07) is 6.71. The Bertz CT molecular complexity index is 700. The summed E-state index contributed by atoms with van der Waals surface area (Å²) in [7, 11) is 0. The fraction of sp³-hybridized carbons (Fsp3) is 0.556. The Morgan fingerprint density at radius 3 is 2.84 bits per heavy atom. The predicted molar refractivity (Wildman–Crippen MR) is 106 cm³/mol. The van der Waals surface area contributed by atoms with Crippen LogP contribution in [0.2, 0.25) is 0 Å². The summed E-state index contributed by atoms with van der Waals surface area (Å²) in [5.74, 6) is 0. The number of nitrogens with zero attached hydrogens (tertiary/aromatic N) is 1. The van der Waals surface area contributed by atoms with Crippen LogP contribution in [0.5, 0.6) is 0 Å². The Labute approximate surface area is 158 Å². The molecule has 0 aliphatic carbocycles. The molecule has 2 heterocycles. The lowest BCUT2D eigenvalue weighted by atomic mass is 9.87. The van der Waals surface area contributed by atoms with Gasteiger partial charge < -0.3 is 15.2 Å². The molecule has 0 spiro atoms. The van der Waals surface area contributed by atoms with Crippen LogP contribution in [-0.4, -0.2) is 35.1 Å². The third kappa shape index (κ3) is 4.34. The highest BCUT2D eigenvalue weighted by Gasteiger charge is 2.42. The molecule has 25 heavy (non-hydrogen) atoms. The second-order valence-electron chi connectivity index (χ2n) is 7.51. The van der Waals surface area contributed by atoms with Gasteiger partial charge in [-0.2, -0.15) is 5.10 Å². The van der Waals surface area contributed by atoms with Crippen molar-refractivity contribution in [3.63, 3.8) is 0 Å². The van der Waals surface area contributed by atoms with Crippen molar-refractivity contribution in [2.24, 2.45) is 10.8 Å². The van der Waals surface area contributed by atoms with Crippen molar-refractivity contribution in [2.75, 3.05) is 6.61 Å². The second-order valence-corrected chi connectivity index (χ2v) is 9.23. The number of hydrogen-bond donors (Lipinski definition) is 2. The monoisotopic (exact) mass is 379 g/mol. The smallest absolute Gasteiger partial charge is 0.199 e. The molecule has 2 bridgehead atoms. The number of hydrogen-bond acceptors (Lipinski definition) is 5. The number of ether oxygens (including phenoxy) is 2. The van der Waals surface area contributed by atoms with Gasteiger partial charge in [0.2, 0.25) is 0 Å². The highest BCUT2D eigenvalue weighted by molar-refractivity contribution is 8.00. The molecule has 1 aromatic rings. The first kappa shape index (κ1) is 18.6. The number of aryl methyl sites for hydroxylation is 1. The Morgan fingerprint density at radius 2 is 2.16 bits per heavy atom. The van der Waals surface area contributed by atoms with Gasteiger partial charge in [0, 0.05) is 16.6 Å². The van der Waals surface area contributed by atoms with E-state index in [4.69, 9.17) is 27.4 Å². The SMILES string of the molecule is Cc1ccc(C(C)(C)C)cc1S[C@@H]1C/C(=N\NC(N)=S)[C@@H]2OC[C@H]1O2. The van der Waals surface area contributed by atoms with Gasteiger partial charge in [-0.3, -0.25) is 5.43 Å². The van der Waals surface area contributed by atoms with Crippen LogP contribution in [0, 0.1) is 6.92 Å². The summed E-state index contributed by atoms with van der Waals surface area (Å²) in [6.07, 6.45) is 0.483. The van der Waals surface area contributed by atoms with E-state index in [2.05, 4.69) is 56.4 Å². The molecule has 2 aliphatic rings. The number of hydrazone groups is 1. The van der Waals surface area contributed by atoms with Crippen LogP contribution in [0.3, 0.4) is 0 Å². The van der Waals surface area contributed by atoms with E-state index in [1.54, 1.807) is 0 Å². The molecule has 3 N–H and O–H groups in total. The zero-order valence-corrected chi connectivity index (χ0v) is 16.7. The zero-order chi connectivity index (χ0) is 18.2. The maximum absolute atomic E-state index is 5.97. The molecule has 5 nitrogen and oxygen atoms in total. The molecule has 0 aromatic heterocycles. The number of fused-ring (bicyclic) bond motifs is 2. The van der Waals surface area contributed by atoms with E-state index in [0.29, 0.717) is 6.61 Å². The van der Waals surface area contributed by atoms with Gasteiger partial charge in [0.05, 0.1) is 18.4 Å². The van der Waals surface area contributed by atoms with Crippen molar-refractivity contribution < 1.29 is 9.47 Å². The highest BCUT2D eigenvalue weighted by Crippen LogP contribution is 2.39.